The molecule has 0 amide bonds. The molecule has 4 aromatic rings. The molecule has 1 aliphatic rings. The van der Waals surface area contributed by atoms with Gasteiger partial charge < -0.3 is 4.57 Å². The predicted molar refractivity (Wildman–Crippen MR) is 107 cm³/mol. The summed E-state index contributed by atoms with van der Waals surface area (Å²) in [6.07, 6.45) is 8.03. The minimum absolute atomic E-state index is 0.470. The largest absolute Gasteiger partial charge is 0.310 e. The quantitative estimate of drug-likeness (QED) is 0.404. The van der Waals surface area contributed by atoms with E-state index in [0.29, 0.717) is 5.92 Å². The Kier molecular flexibility index (Phi) is 3.31. The average molecular weight is 321 g/mol. The van der Waals surface area contributed by atoms with E-state index in [0.717, 1.165) is 6.42 Å². The number of fused-ring (bicyclic) bond motifs is 3. The van der Waals surface area contributed by atoms with Gasteiger partial charge in [0.05, 0.1) is 11.0 Å². The maximum Gasteiger partial charge on any atom is 0.0540 e. The summed E-state index contributed by atoms with van der Waals surface area (Å²) < 4.78 is 2.39. The number of allylic oxidation sites excluding steroid dienone is 4. The molecule has 1 aromatic heterocycles. The third-order valence-electron chi connectivity index (χ3n) is 5.15. The van der Waals surface area contributed by atoms with Gasteiger partial charge in [-0.2, -0.15) is 0 Å². The standard InChI is InChI=1S/C24H19N/c1-2-8-18(9-3-1)19-14-16-20(17-15-19)25-23-12-6-4-10-21(23)22-11-5-7-13-24(22)25/h1-14,16-17,19H,15H2. The number of rotatable bonds is 2. The van der Waals surface area contributed by atoms with Crippen molar-refractivity contribution in [1.29, 1.82) is 0 Å². The van der Waals surface area contributed by atoms with Gasteiger partial charge in [0.1, 0.15) is 0 Å². The Labute approximate surface area is 147 Å². The molecule has 0 spiro atoms. The van der Waals surface area contributed by atoms with Crippen molar-refractivity contribution < 1.29 is 0 Å². The summed E-state index contributed by atoms with van der Waals surface area (Å²) in [6.45, 7) is 0. The Morgan fingerprint density at radius 1 is 0.680 bits per heavy atom. The second-order valence-electron chi connectivity index (χ2n) is 6.61. The smallest absolute Gasteiger partial charge is 0.0540 e. The van der Waals surface area contributed by atoms with Crippen LogP contribution in [0.25, 0.3) is 27.5 Å². The Morgan fingerprint density at radius 2 is 1.28 bits per heavy atom. The first-order valence-corrected chi connectivity index (χ1v) is 8.84. The normalized spacial score (nSPS) is 17.1. The second-order valence-corrected chi connectivity index (χ2v) is 6.61. The van der Waals surface area contributed by atoms with Crippen LogP contribution in [-0.2, 0) is 0 Å². The first-order chi connectivity index (χ1) is 12.4. The highest BCUT2D eigenvalue weighted by molar-refractivity contribution is 6.10. The van der Waals surface area contributed by atoms with Gasteiger partial charge in [-0.05, 0) is 30.2 Å². The molecule has 0 radical (unpaired) electrons. The first kappa shape index (κ1) is 14.3. The van der Waals surface area contributed by atoms with Gasteiger partial charge in [0.2, 0.25) is 0 Å². The lowest BCUT2D eigenvalue weighted by molar-refractivity contribution is 0.850. The van der Waals surface area contributed by atoms with Gasteiger partial charge in [-0.1, -0.05) is 78.9 Å². The molecule has 120 valence electrons. The molecule has 1 heteroatoms. The summed E-state index contributed by atoms with van der Waals surface area (Å²) >= 11 is 0. The molecule has 1 aliphatic carbocycles. The van der Waals surface area contributed by atoms with Gasteiger partial charge in [0.25, 0.3) is 0 Å². The highest BCUT2D eigenvalue weighted by atomic mass is 15.0. The van der Waals surface area contributed by atoms with Gasteiger partial charge >= 0.3 is 0 Å². The molecule has 0 saturated carbocycles. The molecule has 0 aliphatic heterocycles. The van der Waals surface area contributed by atoms with Gasteiger partial charge in [0, 0.05) is 22.4 Å². The van der Waals surface area contributed by atoms with E-state index in [4.69, 9.17) is 0 Å². The Bertz CT molecular complexity index is 1060. The minimum atomic E-state index is 0.470. The van der Waals surface area contributed by atoms with Crippen molar-refractivity contribution in [2.24, 2.45) is 0 Å². The molecule has 0 saturated heterocycles. The first-order valence-electron chi connectivity index (χ1n) is 8.84. The van der Waals surface area contributed by atoms with Crippen molar-refractivity contribution in [3.05, 3.63) is 103 Å². The number of nitrogens with zero attached hydrogens (tertiary/aromatic N) is 1. The van der Waals surface area contributed by atoms with Crippen LogP contribution in [0.5, 0.6) is 0 Å². The topological polar surface area (TPSA) is 4.93 Å². The van der Waals surface area contributed by atoms with Crippen molar-refractivity contribution in [2.75, 3.05) is 0 Å². The minimum Gasteiger partial charge on any atom is -0.310 e. The van der Waals surface area contributed by atoms with Crippen LogP contribution < -0.4 is 0 Å². The molecule has 1 atom stereocenters. The van der Waals surface area contributed by atoms with Gasteiger partial charge in [-0.15, -0.1) is 0 Å². The van der Waals surface area contributed by atoms with Crippen LogP contribution in [0.2, 0.25) is 0 Å². The zero-order valence-electron chi connectivity index (χ0n) is 14.0. The number of para-hydroxylation sites is 2. The SMILES string of the molecule is C1=CC(c2ccccc2)CC=C1n1c2ccccc2c2ccccc21. The van der Waals surface area contributed by atoms with Gasteiger partial charge in [-0.3, -0.25) is 0 Å². The fraction of sp³-hybridized carbons (Fsp3) is 0.0833. The maximum absolute atomic E-state index is 2.39. The lowest BCUT2D eigenvalue weighted by Gasteiger charge is -2.18. The zero-order valence-corrected chi connectivity index (χ0v) is 14.0. The van der Waals surface area contributed by atoms with E-state index in [9.17, 15) is 0 Å². The van der Waals surface area contributed by atoms with Crippen molar-refractivity contribution in [1.82, 2.24) is 4.57 Å². The molecule has 1 nitrogen and oxygen atoms in total. The summed E-state index contributed by atoms with van der Waals surface area (Å²) in [7, 11) is 0. The van der Waals surface area contributed by atoms with E-state index in [-0.39, 0.29) is 0 Å². The zero-order chi connectivity index (χ0) is 16.6. The summed E-state index contributed by atoms with van der Waals surface area (Å²) in [6, 6.07) is 28.1. The monoisotopic (exact) mass is 321 g/mol. The number of aromatic nitrogens is 1. The van der Waals surface area contributed by atoms with E-state index in [1.54, 1.807) is 0 Å². The third-order valence-corrected chi connectivity index (χ3v) is 5.15. The summed E-state index contributed by atoms with van der Waals surface area (Å²) in [5.41, 5.74) is 5.20. The lowest BCUT2D eigenvalue weighted by atomic mass is 9.92. The Morgan fingerprint density at radius 3 is 1.88 bits per heavy atom. The summed E-state index contributed by atoms with van der Waals surface area (Å²) in [5.74, 6) is 0.470. The Hall–Kier alpha value is -3.06. The van der Waals surface area contributed by atoms with E-state index < -0.39 is 0 Å². The molecule has 3 aromatic carbocycles. The van der Waals surface area contributed by atoms with Crippen molar-refractivity contribution >= 4 is 27.5 Å². The highest BCUT2D eigenvalue weighted by Gasteiger charge is 2.15. The molecular formula is C24H19N. The fourth-order valence-corrected chi connectivity index (χ4v) is 3.92. The Balaban J connectivity index is 1.62. The molecule has 0 bridgehead atoms. The van der Waals surface area contributed by atoms with Crippen LogP contribution in [0.3, 0.4) is 0 Å². The van der Waals surface area contributed by atoms with E-state index >= 15 is 0 Å². The van der Waals surface area contributed by atoms with Crippen LogP contribution in [0, 0.1) is 0 Å². The molecule has 25 heavy (non-hydrogen) atoms. The van der Waals surface area contributed by atoms with E-state index in [2.05, 4.69) is 102 Å². The van der Waals surface area contributed by atoms with E-state index in [1.165, 1.54) is 33.1 Å². The molecule has 1 heterocycles. The number of hydrogen-bond acceptors (Lipinski definition) is 0. The second kappa shape index (κ2) is 5.78. The molecule has 1 unspecified atom stereocenters. The number of benzene rings is 3. The predicted octanol–water partition coefficient (Wildman–Crippen LogP) is 6.38. The lowest BCUT2D eigenvalue weighted by Crippen LogP contribution is -2.02. The van der Waals surface area contributed by atoms with Crippen molar-refractivity contribution in [3.63, 3.8) is 0 Å². The maximum atomic E-state index is 2.39. The van der Waals surface area contributed by atoms with Crippen LogP contribution in [0.4, 0.5) is 0 Å². The van der Waals surface area contributed by atoms with Gasteiger partial charge in [-0.25, -0.2) is 0 Å². The van der Waals surface area contributed by atoms with Crippen LogP contribution >= 0.6 is 0 Å². The van der Waals surface area contributed by atoms with Crippen molar-refractivity contribution in [2.45, 2.75) is 12.3 Å². The molecule has 5 rings (SSSR count). The van der Waals surface area contributed by atoms with Gasteiger partial charge in [0.15, 0.2) is 0 Å². The van der Waals surface area contributed by atoms with Crippen LogP contribution in [0.1, 0.15) is 17.9 Å². The average Bonchev–Trinajstić information content (AvgIpc) is 3.03. The summed E-state index contributed by atoms with van der Waals surface area (Å²) in [4.78, 5) is 0. The molecule has 0 fully saturated rings. The summed E-state index contributed by atoms with van der Waals surface area (Å²) in [5, 5.41) is 2.63. The van der Waals surface area contributed by atoms with Crippen LogP contribution in [0.15, 0.2) is 97.1 Å². The van der Waals surface area contributed by atoms with Crippen LogP contribution in [-0.4, -0.2) is 4.57 Å². The number of hydrogen-bond donors (Lipinski definition) is 0. The van der Waals surface area contributed by atoms with Crippen molar-refractivity contribution in [3.8, 4) is 0 Å². The molecular weight excluding hydrogens is 302 g/mol. The molecule has 0 N–H and O–H groups in total. The van der Waals surface area contributed by atoms with E-state index in [1.807, 2.05) is 0 Å². The highest BCUT2D eigenvalue weighted by Crippen LogP contribution is 2.35. The fourth-order valence-electron chi connectivity index (χ4n) is 3.92. The third kappa shape index (κ3) is 2.32.